The zero-order valence-electron chi connectivity index (χ0n) is 11.5. The molecule has 1 atom stereocenters. The molecule has 2 rings (SSSR count). The third-order valence-corrected chi connectivity index (χ3v) is 3.18. The molecule has 1 N–H and O–H groups in total. The van der Waals surface area contributed by atoms with Crippen LogP contribution in [0.1, 0.15) is 24.1 Å². The van der Waals surface area contributed by atoms with E-state index in [0.29, 0.717) is 6.04 Å². The maximum atomic E-state index is 5.24. The van der Waals surface area contributed by atoms with Gasteiger partial charge in [0.25, 0.3) is 0 Å². The van der Waals surface area contributed by atoms with E-state index in [4.69, 9.17) is 4.74 Å². The summed E-state index contributed by atoms with van der Waals surface area (Å²) in [6, 6.07) is 12.6. The predicted molar refractivity (Wildman–Crippen MR) is 77.4 cm³/mol. The van der Waals surface area contributed by atoms with Gasteiger partial charge in [-0.2, -0.15) is 0 Å². The van der Waals surface area contributed by atoms with Crippen molar-refractivity contribution in [2.75, 3.05) is 13.7 Å². The minimum absolute atomic E-state index is 0.312. The number of hydrogen-bond donors (Lipinski definition) is 1. The number of nitrogens with one attached hydrogen (secondary N) is 1. The number of pyridine rings is 1. The summed E-state index contributed by atoms with van der Waals surface area (Å²) in [4.78, 5) is 4.12. The molecular formula is C16H20N2O. The molecule has 0 aliphatic rings. The molecule has 0 amide bonds. The molecule has 1 aromatic carbocycles. The van der Waals surface area contributed by atoms with Crippen molar-refractivity contribution in [1.82, 2.24) is 10.3 Å². The summed E-state index contributed by atoms with van der Waals surface area (Å²) >= 11 is 0. The topological polar surface area (TPSA) is 34.1 Å². The van der Waals surface area contributed by atoms with Crippen LogP contribution in [0.4, 0.5) is 0 Å². The third kappa shape index (κ3) is 4.07. The van der Waals surface area contributed by atoms with E-state index < -0.39 is 0 Å². The maximum absolute atomic E-state index is 5.24. The molecule has 0 bridgehead atoms. The van der Waals surface area contributed by atoms with E-state index in [0.717, 1.165) is 18.7 Å². The first-order valence-electron chi connectivity index (χ1n) is 6.56. The van der Waals surface area contributed by atoms with Crippen LogP contribution >= 0.6 is 0 Å². The Morgan fingerprint density at radius 1 is 1.26 bits per heavy atom. The number of benzene rings is 1. The Morgan fingerprint density at radius 3 is 2.89 bits per heavy atom. The van der Waals surface area contributed by atoms with Crippen LogP contribution in [0.3, 0.4) is 0 Å². The molecule has 0 fully saturated rings. The molecule has 3 heteroatoms. The molecule has 3 nitrogen and oxygen atoms in total. The smallest absolute Gasteiger partial charge is 0.119 e. The van der Waals surface area contributed by atoms with Crippen LogP contribution in [0.2, 0.25) is 0 Å². The summed E-state index contributed by atoms with van der Waals surface area (Å²) in [5.41, 5.74) is 2.50. The number of methoxy groups -OCH3 is 1. The van der Waals surface area contributed by atoms with Gasteiger partial charge in [0.2, 0.25) is 0 Å². The summed E-state index contributed by atoms with van der Waals surface area (Å²) in [6.45, 7) is 3.10. The maximum Gasteiger partial charge on any atom is 0.119 e. The minimum Gasteiger partial charge on any atom is -0.497 e. The van der Waals surface area contributed by atoms with E-state index in [-0.39, 0.29) is 0 Å². The third-order valence-electron chi connectivity index (χ3n) is 3.18. The Hall–Kier alpha value is -1.87. The fraction of sp³-hybridized carbons (Fsp3) is 0.312. The minimum atomic E-state index is 0.312. The summed E-state index contributed by atoms with van der Waals surface area (Å²) in [5, 5.41) is 3.52. The molecule has 0 radical (unpaired) electrons. The Balaban J connectivity index is 1.85. The number of ether oxygens (including phenoxy) is 1. The Bertz CT molecular complexity index is 499. The average molecular weight is 256 g/mol. The molecule has 2 aromatic rings. The van der Waals surface area contributed by atoms with Gasteiger partial charge in [-0.3, -0.25) is 4.98 Å². The number of rotatable bonds is 6. The van der Waals surface area contributed by atoms with Crippen molar-refractivity contribution in [2.45, 2.75) is 19.4 Å². The van der Waals surface area contributed by atoms with Crippen LogP contribution in [0.5, 0.6) is 5.75 Å². The highest BCUT2D eigenvalue weighted by molar-refractivity contribution is 5.30. The highest BCUT2D eigenvalue weighted by Gasteiger charge is 2.05. The van der Waals surface area contributed by atoms with E-state index in [1.807, 2.05) is 24.4 Å². The molecule has 0 unspecified atom stereocenters. The van der Waals surface area contributed by atoms with Crippen LogP contribution < -0.4 is 10.1 Å². The van der Waals surface area contributed by atoms with Gasteiger partial charge in [-0.15, -0.1) is 0 Å². The first kappa shape index (κ1) is 13.6. The van der Waals surface area contributed by atoms with Crippen molar-refractivity contribution in [2.24, 2.45) is 0 Å². The van der Waals surface area contributed by atoms with Gasteiger partial charge in [-0.1, -0.05) is 18.2 Å². The molecule has 0 spiro atoms. The lowest BCUT2D eigenvalue weighted by molar-refractivity contribution is 0.413. The summed E-state index contributed by atoms with van der Waals surface area (Å²) in [6.07, 6.45) is 4.70. The second-order valence-corrected chi connectivity index (χ2v) is 4.56. The fourth-order valence-electron chi connectivity index (χ4n) is 2.01. The van der Waals surface area contributed by atoms with Crippen molar-refractivity contribution in [3.63, 3.8) is 0 Å². The highest BCUT2D eigenvalue weighted by Crippen LogP contribution is 2.18. The van der Waals surface area contributed by atoms with E-state index >= 15 is 0 Å². The lowest BCUT2D eigenvalue weighted by Crippen LogP contribution is -2.21. The van der Waals surface area contributed by atoms with Gasteiger partial charge in [0, 0.05) is 18.4 Å². The first-order chi connectivity index (χ1) is 9.29. The lowest BCUT2D eigenvalue weighted by Gasteiger charge is -2.15. The Morgan fingerprint density at radius 2 is 2.16 bits per heavy atom. The van der Waals surface area contributed by atoms with Gasteiger partial charge in [0.05, 0.1) is 7.11 Å². The monoisotopic (exact) mass is 256 g/mol. The molecule has 0 saturated carbocycles. The molecule has 0 aliphatic carbocycles. The first-order valence-corrected chi connectivity index (χ1v) is 6.56. The molecule has 1 heterocycles. The Kier molecular flexibility index (Phi) is 4.93. The number of nitrogens with zero attached hydrogens (tertiary/aromatic N) is 1. The van der Waals surface area contributed by atoms with Crippen molar-refractivity contribution in [3.8, 4) is 5.75 Å². The molecule has 1 aromatic heterocycles. The van der Waals surface area contributed by atoms with Crippen LogP contribution in [0, 0.1) is 0 Å². The largest absolute Gasteiger partial charge is 0.497 e. The van der Waals surface area contributed by atoms with Crippen molar-refractivity contribution in [1.29, 1.82) is 0 Å². The van der Waals surface area contributed by atoms with E-state index in [2.05, 4.69) is 35.4 Å². The fourth-order valence-corrected chi connectivity index (χ4v) is 2.01. The van der Waals surface area contributed by atoms with E-state index in [9.17, 15) is 0 Å². The normalized spacial score (nSPS) is 12.1. The molecular weight excluding hydrogens is 236 g/mol. The predicted octanol–water partition coefficient (Wildman–Crippen LogP) is 2.98. The van der Waals surface area contributed by atoms with Gasteiger partial charge in [0.1, 0.15) is 5.75 Å². The second-order valence-electron chi connectivity index (χ2n) is 4.56. The molecule has 0 saturated heterocycles. The van der Waals surface area contributed by atoms with Crippen LogP contribution in [0.25, 0.3) is 0 Å². The Labute approximate surface area is 114 Å². The quantitative estimate of drug-likeness (QED) is 0.862. The average Bonchev–Trinajstić information content (AvgIpc) is 2.48. The second kappa shape index (κ2) is 6.90. The van der Waals surface area contributed by atoms with Crippen molar-refractivity contribution in [3.05, 3.63) is 59.9 Å². The highest BCUT2D eigenvalue weighted by atomic mass is 16.5. The van der Waals surface area contributed by atoms with E-state index in [1.54, 1.807) is 13.3 Å². The molecule has 0 aliphatic heterocycles. The van der Waals surface area contributed by atoms with Gasteiger partial charge in [-0.25, -0.2) is 0 Å². The number of aromatic nitrogens is 1. The van der Waals surface area contributed by atoms with Gasteiger partial charge < -0.3 is 10.1 Å². The molecule has 100 valence electrons. The SMILES string of the molecule is COc1cccc([C@@H](C)NCCc2cccnc2)c1. The van der Waals surface area contributed by atoms with Crippen molar-refractivity contribution >= 4 is 0 Å². The summed E-state index contributed by atoms with van der Waals surface area (Å²) in [5.74, 6) is 0.901. The standard InChI is InChI=1S/C16H20N2O/c1-13(15-6-3-7-16(11-15)19-2)18-10-8-14-5-4-9-17-12-14/h3-7,9,11-13,18H,8,10H2,1-2H3/t13-/m1/s1. The van der Waals surface area contributed by atoms with Crippen LogP contribution in [-0.4, -0.2) is 18.6 Å². The van der Waals surface area contributed by atoms with Gasteiger partial charge in [-0.05, 0) is 49.2 Å². The zero-order chi connectivity index (χ0) is 13.5. The van der Waals surface area contributed by atoms with Gasteiger partial charge >= 0.3 is 0 Å². The summed E-state index contributed by atoms with van der Waals surface area (Å²) in [7, 11) is 1.69. The lowest BCUT2D eigenvalue weighted by atomic mass is 10.1. The zero-order valence-corrected chi connectivity index (χ0v) is 11.5. The van der Waals surface area contributed by atoms with Crippen LogP contribution in [-0.2, 0) is 6.42 Å². The number of hydrogen-bond acceptors (Lipinski definition) is 3. The van der Waals surface area contributed by atoms with Gasteiger partial charge in [0.15, 0.2) is 0 Å². The summed E-state index contributed by atoms with van der Waals surface area (Å²) < 4.78 is 5.24. The van der Waals surface area contributed by atoms with Crippen LogP contribution in [0.15, 0.2) is 48.8 Å². The van der Waals surface area contributed by atoms with E-state index in [1.165, 1.54) is 11.1 Å². The molecule has 19 heavy (non-hydrogen) atoms. The van der Waals surface area contributed by atoms with Crippen molar-refractivity contribution < 1.29 is 4.74 Å².